The van der Waals surface area contributed by atoms with Gasteiger partial charge in [-0.2, -0.15) is 0 Å². The van der Waals surface area contributed by atoms with Gasteiger partial charge in [0.2, 0.25) is 5.91 Å². The Labute approximate surface area is 126 Å². The van der Waals surface area contributed by atoms with E-state index in [4.69, 9.17) is 0 Å². The molecule has 1 fully saturated rings. The molecule has 110 valence electrons. The van der Waals surface area contributed by atoms with Gasteiger partial charge in [-0.25, -0.2) is 14.4 Å². The molecule has 2 atom stereocenters. The van der Waals surface area contributed by atoms with Gasteiger partial charge in [0.05, 0.1) is 11.7 Å². The normalized spacial score (nSPS) is 25.2. The molecule has 6 nitrogen and oxygen atoms in total. The molecular weight excluding hydrogens is 290 g/mol. The second-order valence-electron chi connectivity index (χ2n) is 5.23. The molecule has 1 N–H and O–H groups in total. The molecule has 1 aromatic carbocycles. The molecule has 0 spiro atoms. The second-order valence-corrected chi connectivity index (χ2v) is 6.11. The topological polar surface area (TPSA) is 69.7 Å². The number of fused-ring (bicyclic) bond motifs is 1. The molecule has 0 aliphatic carbocycles. The van der Waals surface area contributed by atoms with Crippen molar-refractivity contribution in [2.75, 3.05) is 11.9 Å². The second kappa shape index (κ2) is 5.16. The average molecular weight is 305 g/mol. The van der Waals surface area contributed by atoms with E-state index in [2.05, 4.69) is 4.72 Å². The van der Waals surface area contributed by atoms with E-state index in [1.165, 1.54) is 16.8 Å². The van der Waals surface area contributed by atoms with Gasteiger partial charge in [-0.1, -0.05) is 0 Å². The molecule has 3 amide bonds. The van der Waals surface area contributed by atoms with Crippen LogP contribution in [-0.4, -0.2) is 36.2 Å². The maximum absolute atomic E-state index is 12.3. The highest BCUT2D eigenvalue weighted by Crippen LogP contribution is 2.37. The van der Waals surface area contributed by atoms with Gasteiger partial charge in [-0.05, 0) is 42.6 Å². The van der Waals surface area contributed by atoms with Gasteiger partial charge in [0.15, 0.2) is 0 Å². The molecule has 2 heterocycles. The van der Waals surface area contributed by atoms with E-state index in [1.54, 1.807) is 24.1 Å². The Balaban J connectivity index is 1.99. The minimum Gasteiger partial charge on any atom is -0.324 e. The fourth-order valence-electron chi connectivity index (χ4n) is 2.49. The monoisotopic (exact) mass is 305 g/mol. The number of urea groups is 1. The van der Waals surface area contributed by atoms with Crippen LogP contribution in [0.25, 0.3) is 0 Å². The van der Waals surface area contributed by atoms with Crippen molar-refractivity contribution in [3.05, 3.63) is 23.8 Å². The molecule has 0 saturated carbocycles. The fraction of sp³-hybridized carbons (Fsp3) is 0.357. The van der Waals surface area contributed by atoms with E-state index < -0.39 is 6.04 Å². The van der Waals surface area contributed by atoms with Crippen LogP contribution in [0, 0.1) is 0 Å². The summed E-state index contributed by atoms with van der Waals surface area (Å²) in [4.78, 5) is 39.3. The van der Waals surface area contributed by atoms with E-state index in [9.17, 15) is 14.4 Å². The average Bonchev–Trinajstić information content (AvgIpc) is 2.87. The predicted octanol–water partition coefficient (Wildman–Crippen LogP) is 1.71. The number of rotatable bonds is 2. The van der Waals surface area contributed by atoms with E-state index >= 15 is 0 Å². The molecular formula is C14H15N3O3S. The van der Waals surface area contributed by atoms with Crippen molar-refractivity contribution in [2.45, 2.75) is 30.3 Å². The number of imide groups is 1. The van der Waals surface area contributed by atoms with Crippen LogP contribution in [0.3, 0.4) is 0 Å². The Bertz CT molecular complexity index is 634. The molecule has 0 bridgehead atoms. The van der Waals surface area contributed by atoms with Crippen LogP contribution in [0.1, 0.15) is 24.9 Å². The Morgan fingerprint density at radius 2 is 2.14 bits per heavy atom. The highest BCUT2D eigenvalue weighted by molar-refractivity contribution is 7.97. The van der Waals surface area contributed by atoms with Crippen molar-refractivity contribution < 1.29 is 14.4 Å². The summed E-state index contributed by atoms with van der Waals surface area (Å²) in [6.07, 6.45) is 1.11. The molecule has 0 aromatic heterocycles. The van der Waals surface area contributed by atoms with Crippen LogP contribution in [0.4, 0.5) is 10.5 Å². The predicted molar refractivity (Wildman–Crippen MR) is 79.0 cm³/mol. The minimum absolute atomic E-state index is 0.101. The van der Waals surface area contributed by atoms with E-state index in [1.807, 2.05) is 13.0 Å². The van der Waals surface area contributed by atoms with Gasteiger partial charge in [0.25, 0.3) is 0 Å². The zero-order chi connectivity index (χ0) is 15.1. The van der Waals surface area contributed by atoms with Crippen molar-refractivity contribution in [2.24, 2.45) is 0 Å². The van der Waals surface area contributed by atoms with Crippen molar-refractivity contribution >= 4 is 35.9 Å². The number of benzene rings is 1. The maximum Gasteiger partial charge on any atom is 0.331 e. The molecule has 2 unspecified atom stereocenters. The zero-order valence-electron chi connectivity index (χ0n) is 11.7. The molecule has 2 aliphatic rings. The number of amides is 3. The molecule has 3 rings (SSSR count). The number of aldehydes is 1. The number of anilines is 1. The lowest BCUT2D eigenvalue weighted by molar-refractivity contribution is -0.120. The Morgan fingerprint density at radius 1 is 1.38 bits per heavy atom. The number of carbonyl (C=O) groups excluding carboxylic acids is 3. The Kier molecular flexibility index (Phi) is 3.46. The summed E-state index contributed by atoms with van der Waals surface area (Å²) in [6, 6.07) is 4.46. The summed E-state index contributed by atoms with van der Waals surface area (Å²) in [6.45, 7) is 1.85. The van der Waals surface area contributed by atoms with E-state index in [0.717, 1.165) is 16.7 Å². The first-order valence-electron chi connectivity index (χ1n) is 6.64. The molecule has 0 radical (unpaired) electrons. The number of hydrogen-bond acceptors (Lipinski definition) is 5. The van der Waals surface area contributed by atoms with Crippen molar-refractivity contribution in [3.8, 4) is 0 Å². The van der Waals surface area contributed by atoms with E-state index in [0.29, 0.717) is 12.1 Å². The number of nitrogens with zero attached hydrogens (tertiary/aromatic N) is 2. The van der Waals surface area contributed by atoms with Crippen LogP contribution in [-0.2, 0) is 9.59 Å². The van der Waals surface area contributed by atoms with Crippen molar-refractivity contribution in [3.63, 3.8) is 0 Å². The van der Waals surface area contributed by atoms with Gasteiger partial charge < -0.3 is 9.69 Å². The van der Waals surface area contributed by atoms with Gasteiger partial charge in [0.1, 0.15) is 6.29 Å². The van der Waals surface area contributed by atoms with Gasteiger partial charge in [0, 0.05) is 24.4 Å². The fourth-order valence-corrected chi connectivity index (χ4v) is 3.37. The summed E-state index contributed by atoms with van der Waals surface area (Å²) in [5, 5.41) is 0. The third-order valence-electron chi connectivity index (χ3n) is 3.89. The highest BCUT2D eigenvalue weighted by atomic mass is 32.2. The third-order valence-corrected chi connectivity index (χ3v) is 4.86. The van der Waals surface area contributed by atoms with Gasteiger partial charge >= 0.3 is 6.03 Å². The summed E-state index contributed by atoms with van der Waals surface area (Å²) < 4.78 is 2.99. The van der Waals surface area contributed by atoms with Crippen LogP contribution < -0.4 is 9.62 Å². The first-order valence-corrected chi connectivity index (χ1v) is 7.46. The summed E-state index contributed by atoms with van der Waals surface area (Å²) >= 11 is 1.38. The van der Waals surface area contributed by atoms with Gasteiger partial charge in [-0.3, -0.25) is 4.79 Å². The lowest BCUT2D eigenvalue weighted by Crippen LogP contribution is -2.54. The van der Waals surface area contributed by atoms with E-state index in [-0.39, 0.29) is 18.0 Å². The van der Waals surface area contributed by atoms with Gasteiger partial charge in [-0.15, -0.1) is 0 Å². The largest absolute Gasteiger partial charge is 0.331 e. The van der Waals surface area contributed by atoms with Crippen LogP contribution >= 0.6 is 11.9 Å². The van der Waals surface area contributed by atoms with Crippen LogP contribution in [0.2, 0.25) is 0 Å². The molecule has 1 aromatic rings. The van der Waals surface area contributed by atoms with Crippen molar-refractivity contribution in [1.82, 2.24) is 9.62 Å². The number of hydrogen-bond donors (Lipinski definition) is 1. The zero-order valence-corrected chi connectivity index (χ0v) is 12.5. The maximum atomic E-state index is 12.3. The van der Waals surface area contributed by atoms with Crippen LogP contribution in [0.5, 0.6) is 0 Å². The Hall–Kier alpha value is -1.86. The lowest BCUT2D eigenvalue weighted by atomic mass is 10.1. The minimum atomic E-state index is -0.406. The molecule has 1 saturated heterocycles. The summed E-state index contributed by atoms with van der Waals surface area (Å²) in [7, 11) is 1.69. The number of carbonyl (C=O) groups is 3. The highest BCUT2D eigenvalue weighted by Gasteiger charge is 2.36. The first kappa shape index (κ1) is 14.1. The summed E-state index contributed by atoms with van der Waals surface area (Å²) in [5.41, 5.74) is 1.31. The molecule has 21 heavy (non-hydrogen) atoms. The summed E-state index contributed by atoms with van der Waals surface area (Å²) in [5.74, 6) is -0.216. The third kappa shape index (κ3) is 2.22. The first-order chi connectivity index (χ1) is 10.0. The SMILES string of the molecule is CC1CC(=O)N(c2ccc3c(c2)C(C=O)NS3)C(=O)N1C. The standard InChI is InChI=1S/C14H15N3O3S/c1-8-5-13(19)17(14(20)16(8)2)9-3-4-12-10(6-9)11(7-18)15-21-12/h3-4,6-8,11,15H,5H2,1-2H3. The lowest BCUT2D eigenvalue weighted by Gasteiger charge is -2.36. The number of nitrogens with one attached hydrogen (secondary N) is 1. The molecule has 2 aliphatic heterocycles. The quantitative estimate of drug-likeness (QED) is 0.665. The molecule has 7 heteroatoms. The van der Waals surface area contributed by atoms with Crippen molar-refractivity contribution in [1.29, 1.82) is 0 Å². The Morgan fingerprint density at radius 3 is 2.86 bits per heavy atom. The smallest absolute Gasteiger partial charge is 0.324 e. The van der Waals surface area contributed by atoms with Crippen LogP contribution in [0.15, 0.2) is 23.1 Å².